The molecule has 22 heavy (non-hydrogen) atoms. The van der Waals surface area contributed by atoms with E-state index < -0.39 is 5.97 Å². The number of aromatic nitrogens is 2. The van der Waals surface area contributed by atoms with Gasteiger partial charge in [0.1, 0.15) is 5.82 Å². The third-order valence-corrected chi connectivity index (χ3v) is 5.21. The average Bonchev–Trinajstić information content (AvgIpc) is 2.93. The molecule has 116 valence electrons. The molecule has 0 spiro atoms. The highest BCUT2D eigenvalue weighted by molar-refractivity contribution is 7.10. The lowest BCUT2D eigenvalue weighted by Crippen LogP contribution is -2.32. The molecule has 0 radical (unpaired) electrons. The summed E-state index contributed by atoms with van der Waals surface area (Å²) in [6, 6.07) is 2.17. The van der Waals surface area contributed by atoms with Crippen LogP contribution in [0, 0.1) is 6.92 Å². The van der Waals surface area contributed by atoms with Crippen LogP contribution in [0.15, 0.2) is 23.8 Å². The Labute approximate surface area is 133 Å². The molecular formula is C16H19N3O2S. The molecule has 5 nitrogen and oxygen atoms in total. The second-order valence-corrected chi connectivity index (χ2v) is 6.71. The molecule has 1 aliphatic heterocycles. The maximum atomic E-state index is 10.8. The van der Waals surface area contributed by atoms with Gasteiger partial charge in [-0.1, -0.05) is 0 Å². The molecule has 3 rings (SSSR count). The molecule has 2 aromatic heterocycles. The Balaban J connectivity index is 1.57. The van der Waals surface area contributed by atoms with E-state index >= 15 is 0 Å². The number of likely N-dealkylation sites (tertiary alicyclic amines) is 1. The van der Waals surface area contributed by atoms with E-state index in [1.165, 1.54) is 22.8 Å². The van der Waals surface area contributed by atoms with Crippen LogP contribution in [0.25, 0.3) is 0 Å². The highest BCUT2D eigenvalue weighted by atomic mass is 32.1. The summed E-state index contributed by atoms with van der Waals surface area (Å²) in [6.45, 7) is 5.25. The van der Waals surface area contributed by atoms with Gasteiger partial charge in [-0.25, -0.2) is 14.8 Å². The number of aromatic carboxylic acids is 1. The third kappa shape index (κ3) is 3.34. The monoisotopic (exact) mass is 317 g/mol. The summed E-state index contributed by atoms with van der Waals surface area (Å²) in [6.07, 6.45) is 4.87. The van der Waals surface area contributed by atoms with Crippen molar-refractivity contribution >= 4 is 17.3 Å². The lowest BCUT2D eigenvalue weighted by Gasteiger charge is -2.31. The van der Waals surface area contributed by atoms with E-state index in [0.717, 1.165) is 38.3 Å². The summed E-state index contributed by atoms with van der Waals surface area (Å²) < 4.78 is 0. The number of piperidine rings is 1. The lowest BCUT2D eigenvalue weighted by molar-refractivity contribution is 0.0696. The van der Waals surface area contributed by atoms with Crippen LogP contribution in [-0.2, 0) is 6.54 Å². The van der Waals surface area contributed by atoms with Crippen LogP contribution in [-0.4, -0.2) is 39.0 Å². The molecule has 0 atom stereocenters. The standard InChI is InChI=1S/C16H19N3O2S/c1-11-4-7-22-14(11)10-19-5-2-12(3-6-19)15-17-8-13(9-18-15)16(20)21/h4,7-9,12H,2-3,5-6,10H2,1H3,(H,20,21). The van der Waals surface area contributed by atoms with Crippen molar-refractivity contribution in [3.63, 3.8) is 0 Å². The normalized spacial score (nSPS) is 16.8. The highest BCUT2D eigenvalue weighted by Crippen LogP contribution is 2.27. The third-order valence-electron chi connectivity index (χ3n) is 4.21. The molecule has 1 fully saturated rings. The Bertz CT molecular complexity index is 646. The van der Waals surface area contributed by atoms with Gasteiger partial charge in [0.2, 0.25) is 0 Å². The number of carboxylic acid groups (broad SMARTS) is 1. The van der Waals surface area contributed by atoms with E-state index in [9.17, 15) is 4.79 Å². The molecule has 0 bridgehead atoms. The SMILES string of the molecule is Cc1ccsc1CN1CCC(c2ncc(C(=O)O)cn2)CC1. The molecule has 0 unspecified atom stereocenters. The van der Waals surface area contributed by atoms with Crippen molar-refractivity contribution in [3.05, 3.63) is 45.7 Å². The van der Waals surface area contributed by atoms with Crippen LogP contribution in [0.1, 0.15) is 45.4 Å². The zero-order valence-electron chi connectivity index (χ0n) is 12.5. The van der Waals surface area contributed by atoms with Crippen molar-refractivity contribution in [1.29, 1.82) is 0 Å². The minimum absolute atomic E-state index is 0.148. The second kappa shape index (κ2) is 6.54. The van der Waals surface area contributed by atoms with E-state index in [1.54, 1.807) is 0 Å². The summed E-state index contributed by atoms with van der Waals surface area (Å²) in [5, 5.41) is 11.0. The number of nitrogens with zero attached hydrogens (tertiary/aromatic N) is 3. The first-order valence-electron chi connectivity index (χ1n) is 7.44. The molecule has 6 heteroatoms. The predicted molar refractivity (Wildman–Crippen MR) is 85.3 cm³/mol. The number of rotatable bonds is 4. The van der Waals surface area contributed by atoms with Gasteiger partial charge in [0.25, 0.3) is 0 Å². The molecule has 0 saturated carbocycles. The van der Waals surface area contributed by atoms with Crippen LogP contribution in [0.5, 0.6) is 0 Å². The van der Waals surface area contributed by atoms with E-state index in [-0.39, 0.29) is 5.56 Å². The van der Waals surface area contributed by atoms with Gasteiger partial charge in [0.05, 0.1) is 5.56 Å². The Morgan fingerprint density at radius 3 is 2.59 bits per heavy atom. The minimum atomic E-state index is -0.979. The maximum Gasteiger partial charge on any atom is 0.338 e. The molecular weight excluding hydrogens is 298 g/mol. The van der Waals surface area contributed by atoms with Crippen LogP contribution in [0.2, 0.25) is 0 Å². The van der Waals surface area contributed by atoms with Crippen molar-refractivity contribution in [2.24, 2.45) is 0 Å². The van der Waals surface area contributed by atoms with Gasteiger partial charge in [-0.15, -0.1) is 11.3 Å². The van der Waals surface area contributed by atoms with Gasteiger partial charge in [-0.2, -0.15) is 0 Å². The first kappa shape index (κ1) is 15.1. The molecule has 0 amide bonds. The van der Waals surface area contributed by atoms with E-state index in [4.69, 9.17) is 5.11 Å². The lowest BCUT2D eigenvalue weighted by atomic mass is 9.96. The molecule has 2 aromatic rings. The maximum absolute atomic E-state index is 10.8. The van der Waals surface area contributed by atoms with E-state index in [1.807, 2.05) is 11.3 Å². The van der Waals surface area contributed by atoms with Crippen LogP contribution < -0.4 is 0 Å². The molecule has 3 heterocycles. The summed E-state index contributed by atoms with van der Waals surface area (Å²) in [5.41, 5.74) is 1.52. The molecule has 0 aliphatic carbocycles. The second-order valence-electron chi connectivity index (χ2n) is 5.71. The van der Waals surface area contributed by atoms with Gasteiger partial charge in [-0.05, 0) is 49.9 Å². The summed E-state index contributed by atoms with van der Waals surface area (Å²) >= 11 is 1.82. The van der Waals surface area contributed by atoms with Gasteiger partial charge in [0, 0.05) is 29.7 Å². The number of carboxylic acids is 1. The Morgan fingerprint density at radius 1 is 1.36 bits per heavy atom. The zero-order chi connectivity index (χ0) is 15.5. The van der Waals surface area contributed by atoms with Crippen molar-refractivity contribution in [2.45, 2.75) is 32.2 Å². The quantitative estimate of drug-likeness (QED) is 0.939. The largest absolute Gasteiger partial charge is 0.478 e. The van der Waals surface area contributed by atoms with Crippen molar-refractivity contribution in [1.82, 2.24) is 14.9 Å². The number of hydrogen-bond donors (Lipinski definition) is 1. The molecule has 0 aromatic carbocycles. The Kier molecular flexibility index (Phi) is 4.49. The predicted octanol–water partition coefficient (Wildman–Crippen LogP) is 2.92. The van der Waals surface area contributed by atoms with E-state index in [0.29, 0.717) is 5.92 Å². The first-order chi connectivity index (χ1) is 10.6. The van der Waals surface area contributed by atoms with Crippen molar-refractivity contribution < 1.29 is 9.90 Å². The van der Waals surface area contributed by atoms with Gasteiger partial charge in [-0.3, -0.25) is 4.90 Å². The number of thiophene rings is 1. The summed E-state index contributed by atoms with van der Waals surface area (Å²) in [5.74, 6) is 0.133. The fraction of sp³-hybridized carbons (Fsp3) is 0.438. The molecule has 1 aliphatic rings. The van der Waals surface area contributed by atoms with Crippen molar-refractivity contribution in [3.8, 4) is 0 Å². The number of hydrogen-bond acceptors (Lipinski definition) is 5. The number of aryl methyl sites for hydroxylation is 1. The minimum Gasteiger partial charge on any atom is -0.478 e. The van der Waals surface area contributed by atoms with Gasteiger partial charge >= 0.3 is 5.97 Å². The summed E-state index contributed by atoms with van der Waals surface area (Å²) in [7, 11) is 0. The Hall–Kier alpha value is -1.79. The average molecular weight is 317 g/mol. The van der Waals surface area contributed by atoms with Crippen molar-refractivity contribution in [2.75, 3.05) is 13.1 Å². The molecule has 1 saturated heterocycles. The Morgan fingerprint density at radius 2 is 2.05 bits per heavy atom. The van der Waals surface area contributed by atoms with E-state index in [2.05, 4.69) is 33.2 Å². The van der Waals surface area contributed by atoms with Crippen LogP contribution >= 0.6 is 11.3 Å². The van der Waals surface area contributed by atoms with Gasteiger partial charge < -0.3 is 5.11 Å². The molecule has 1 N–H and O–H groups in total. The fourth-order valence-corrected chi connectivity index (χ4v) is 3.73. The first-order valence-corrected chi connectivity index (χ1v) is 8.32. The van der Waals surface area contributed by atoms with Crippen LogP contribution in [0.4, 0.5) is 0 Å². The smallest absolute Gasteiger partial charge is 0.338 e. The van der Waals surface area contributed by atoms with Gasteiger partial charge in [0.15, 0.2) is 0 Å². The topological polar surface area (TPSA) is 66.3 Å². The summed E-state index contributed by atoms with van der Waals surface area (Å²) in [4.78, 5) is 23.2. The fourth-order valence-electron chi connectivity index (χ4n) is 2.78. The highest BCUT2D eigenvalue weighted by Gasteiger charge is 2.23. The number of carbonyl (C=O) groups is 1. The van der Waals surface area contributed by atoms with Crippen LogP contribution in [0.3, 0.4) is 0 Å². The zero-order valence-corrected chi connectivity index (χ0v) is 13.3.